The first-order valence-corrected chi connectivity index (χ1v) is 5.22. The van der Waals surface area contributed by atoms with Crippen LogP contribution < -0.4 is 5.73 Å². The molecule has 1 heterocycles. The Hall–Kier alpha value is -0.410. The Morgan fingerprint density at radius 3 is 3.25 bits per heavy atom. The van der Waals surface area contributed by atoms with E-state index >= 15 is 0 Å². The van der Waals surface area contributed by atoms with Crippen LogP contribution in [0.3, 0.4) is 0 Å². The average molecular weight is 182 g/mol. The number of nitrogens with zero attached hydrogens (tertiary/aromatic N) is 1. The Morgan fingerprint density at radius 1 is 1.67 bits per heavy atom. The van der Waals surface area contributed by atoms with Crippen molar-refractivity contribution in [3.05, 3.63) is 16.1 Å². The van der Waals surface area contributed by atoms with E-state index in [4.69, 9.17) is 5.73 Å². The molecule has 1 unspecified atom stereocenters. The van der Waals surface area contributed by atoms with Gasteiger partial charge in [0.15, 0.2) is 0 Å². The molecule has 0 aliphatic heterocycles. The summed E-state index contributed by atoms with van der Waals surface area (Å²) in [4.78, 5) is 1.48. The predicted octanol–water partition coefficient (Wildman–Crippen LogP) is 1.52. The molecule has 0 saturated heterocycles. The molecule has 2 nitrogen and oxygen atoms in total. The highest BCUT2D eigenvalue weighted by Crippen LogP contribution is 2.29. The van der Waals surface area contributed by atoms with Crippen LogP contribution >= 0.6 is 11.5 Å². The van der Waals surface area contributed by atoms with Crippen LogP contribution in [0, 0.1) is 12.8 Å². The van der Waals surface area contributed by atoms with Crippen molar-refractivity contribution < 1.29 is 0 Å². The standard InChI is InChI=1S/C9H14N2S/c1-6-8-3-2-7(5-10)4-9(8)12-11-6/h7H,2-5,10H2,1H3. The first kappa shape index (κ1) is 8.20. The van der Waals surface area contributed by atoms with E-state index in [2.05, 4.69) is 11.3 Å². The van der Waals surface area contributed by atoms with Crippen LogP contribution in [0.4, 0.5) is 0 Å². The topological polar surface area (TPSA) is 38.9 Å². The van der Waals surface area contributed by atoms with Crippen molar-refractivity contribution in [2.75, 3.05) is 6.54 Å². The molecule has 12 heavy (non-hydrogen) atoms. The van der Waals surface area contributed by atoms with Gasteiger partial charge in [-0.25, -0.2) is 0 Å². The van der Waals surface area contributed by atoms with E-state index in [1.54, 1.807) is 11.5 Å². The fourth-order valence-corrected chi connectivity index (χ4v) is 2.86. The van der Waals surface area contributed by atoms with E-state index in [1.807, 2.05) is 0 Å². The molecular formula is C9H14N2S. The number of hydrogen-bond donors (Lipinski definition) is 1. The largest absolute Gasteiger partial charge is 0.330 e. The average Bonchev–Trinajstić information content (AvgIpc) is 2.47. The normalized spacial score (nSPS) is 22.3. The maximum absolute atomic E-state index is 5.65. The van der Waals surface area contributed by atoms with E-state index in [0.29, 0.717) is 5.92 Å². The second kappa shape index (κ2) is 3.15. The third-order valence-electron chi connectivity index (χ3n) is 2.68. The molecule has 2 rings (SSSR count). The zero-order valence-corrected chi connectivity index (χ0v) is 8.16. The van der Waals surface area contributed by atoms with E-state index < -0.39 is 0 Å². The van der Waals surface area contributed by atoms with Crippen LogP contribution in [-0.2, 0) is 12.8 Å². The summed E-state index contributed by atoms with van der Waals surface area (Å²) in [6.45, 7) is 2.94. The Kier molecular flexibility index (Phi) is 2.15. The molecule has 0 radical (unpaired) electrons. The van der Waals surface area contributed by atoms with Gasteiger partial charge in [-0.15, -0.1) is 0 Å². The van der Waals surface area contributed by atoms with Crippen molar-refractivity contribution in [1.29, 1.82) is 0 Å². The summed E-state index contributed by atoms with van der Waals surface area (Å²) in [5.41, 5.74) is 8.40. The summed E-state index contributed by atoms with van der Waals surface area (Å²) >= 11 is 1.67. The van der Waals surface area contributed by atoms with E-state index in [0.717, 1.165) is 13.0 Å². The van der Waals surface area contributed by atoms with Crippen LogP contribution in [0.5, 0.6) is 0 Å². The minimum Gasteiger partial charge on any atom is -0.330 e. The van der Waals surface area contributed by atoms with Crippen molar-refractivity contribution in [3.63, 3.8) is 0 Å². The second-order valence-corrected chi connectivity index (χ2v) is 4.37. The lowest BCUT2D eigenvalue weighted by molar-refractivity contribution is 0.473. The highest BCUT2D eigenvalue weighted by Gasteiger charge is 2.20. The fourth-order valence-electron chi connectivity index (χ4n) is 1.83. The molecule has 1 aliphatic carbocycles. The number of aromatic nitrogens is 1. The fraction of sp³-hybridized carbons (Fsp3) is 0.667. The second-order valence-electron chi connectivity index (χ2n) is 3.51. The maximum atomic E-state index is 5.65. The van der Waals surface area contributed by atoms with Crippen LogP contribution in [-0.4, -0.2) is 10.9 Å². The van der Waals surface area contributed by atoms with Crippen LogP contribution in [0.1, 0.15) is 22.6 Å². The van der Waals surface area contributed by atoms with Gasteiger partial charge in [0, 0.05) is 4.88 Å². The molecule has 1 aromatic rings. The lowest BCUT2D eigenvalue weighted by atomic mass is 9.88. The molecule has 66 valence electrons. The molecule has 1 aliphatic rings. The molecule has 0 spiro atoms. The smallest absolute Gasteiger partial charge is 0.0546 e. The SMILES string of the molecule is Cc1nsc2c1CCC(CN)C2. The summed E-state index contributed by atoms with van der Waals surface area (Å²) in [5.74, 6) is 0.706. The predicted molar refractivity (Wildman–Crippen MR) is 51.4 cm³/mol. The molecule has 1 atom stereocenters. The Balaban J connectivity index is 2.24. The van der Waals surface area contributed by atoms with Gasteiger partial charge in [0.2, 0.25) is 0 Å². The molecule has 0 aromatic carbocycles. The first-order valence-electron chi connectivity index (χ1n) is 4.45. The zero-order chi connectivity index (χ0) is 8.55. The highest BCUT2D eigenvalue weighted by molar-refractivity contribution is 7.06. The van der Waals surface area contributed by atoms with Gasteiger partial charge in [0.1, 0.15) is 0 Å². The van der Waals surface area contributed by atoms with Gasteiger partial charge in [-0.05, 0) is 55.7 Å². The molecule has 0 saturated carbocycles. The van der Waals surface area contributed by atoms with Gasteiger partial charge in [-0.3, -0.25) is 0 Å². The quantitative estimate of drug-likeness (QED) is 0.715. The molecule has 0 fully saturated rings. The molecule has 3 heteroatoms. The number of fused-ring (bicyclic) bond motifs is 1. The molecule has 0 bridgehead atoms. The third-order valence-corrected chi connectivity index (χ3v) is 3.67. The van der Waals surface area contributed by atoms with E-state index in [-0.39, 0.29) is 0 Å². The zero-order valence-electron chi connectivity index (χ0n) is 7.34. The molecule has 0 amide bonds. The lowest BCUT2D eigenvalue weighted by Crippen LogP contribution is -2.21. The number of rotatable bonds is 1. The van der Waals surface area contributed by atoms with Gasteiger partial charge in [0.05, 0.1) is 5.69 Å². The van der Waals surface area contributed by atoms with Gasteiger partial charge in [0.25, 0.3) is 0 Å². The number of hydrogen-bond acceptors (Lipinski definition) is 3. The van der Waals surface area contributed by atoms with Crippen LogP contribution in [0.2, 0.25) is 0 Å². The van der Waals surface area contributed by atoms with Crippen molar-refractivity contribution in [3.8, 4) is 0 Å². The highest BCUT2D eigenvalue weighted by atomic mass is 32.1. The van der Waals surface area contributed by atoms with Crippen molar-refractivity contribution in [2.45, 2.75) is 26.2 Å². The first-order chi connectivity index (χ1) is 5.81. The van der Waals surface area contributed by atoms with Gasteiger partial charge >= 0.3 is 0 Å². The van der Waals surface area contributed by atoms with E-state index in [1.165, 1.54) is 29.0 Å². The number of aryl methyl sites for hydroxylation is 1. The Morgan fingerprint density at radius 2 is 2.50 bits per heavy atom. The summed E-state index contributed by atoms with van der Waals surface area (Å²) in [5, 5.41) is 0. The number of nitrogens with two attached hydrogens (primary N) is 1. The summed E-state index contributed by atoms with van der Waals surface area (Å²) < 4.78 is 4.37. The molecular weight excluding hydrogens is 168 g/mol. The van der Waals surface area contributed by atoms with E-state index in [9.17, 15) is 0 Å². The monoisotopic (exact) mass is 182 g/mol. The van der Waals surface area contributed by atoms with Gasteiger partial charge < -0.3 is 5.73 Å². The maximum Gasteiger partial charge on any atom is 0.0546 e. The molecule has 1 aromatic heterocycles. The Bertz CT molecular complexity index is 280. The van der Waals surface area contributed by atoms with Gasteiger partial charge in [-0.2, -0.15) is 4.37 Å². The lowest BCUT2D eigenvalue weighted by Gasteiger charge is -2.19. The van der Waals surface area contributed by atoms with Gasteiger partial charge in [-0.1, -0.05) is 0 Å². The molecule has 2 N–H and O–H groups in total. The summed E-state index contributed by atoms with van der Waals surface area (Å²) in [6.07, 6.45) is 3.61. The Labute approximate surface area is 77.0 Å². The summed E-state index contributed by atoms with van der Waals surface area (Å²) in [7, 11) is 0. The minimum absolute atomic E-state index is 0.706. The van der Waals surface area contributed by atoms with Crippen LogP contribution in [0.25, 0.3) is 0 Å². The van der Waals surface area contributed by atoms with Crippen molar-refractivity contribution >= 4 is 11.5 Å². The van der Waals surface area contributed by atoms with Crippen molar-refractivity contribution in [1.82, 2.24) is 4.37 Å². The minimum atomic E-state index is 0.706. The van der Waals surface area contributed by atoms with Crippen LogP contribution in [0.15, 0.2) is 0 Å². The van der Waals surface area contributed by atoms with Crippen molar-refractivity contribution in [2.24, 2.45) is 11.7 Å². The third kappa shape index (κ3) is 1.27. The summed E-state index contributed by atoms with van der Waals surface area (Å²) in [6, 6.07) is 0.